The van der Waals surface area contributed by atoms with Gasteiger partial charge in [0.05, 0.1) is 6.07 Å². The van der Waals surface area contributed by atoms with Crippen LogP contribution in [0.2, 0.25) is 0 Å². The first-order valence-corrected chi connectivity index (χ1v) is 4.46. The fraction of sp³-hybridized carbons (Fsp3) is 0.417. The summed E-state index contributed by atoms with van der Waals surface area (Å²) in [6.07, 6.45) is 4.09. The molecule has 0 saturated carbocycles. The summed E-state index contributed by atoms with van der Waals surface area (Å²) < 4.78 is 0. The fourth-order valence-electron chi connectivity index (χ4n) is 1.01. The lowest BCUT2D eigenvalue weighted by atomic mass is 9.99. The molecule has 0 radical (unpaired) electrons. The Morgan fingerprint density at radius 1 is 1.46 bits per heavy atom. The van der Waals surface area contributed by atoms with E-state index in [-0.39, 0.29) is 0 Å². The third-order valence-corrected chi connectivity index (χ3v) is 1.99. The summed E-state index contributed by atoms with van der Waals surface area (Å²) in [5.74, 6) is 0.492. The van der Waals surface area contributed by atoms with E-state index in [0.717, 1.165) is 5.57 Å². The topological polar surface area (TPSA) is 23.8 Å². The second-order valence-corrected chi connectivity index (χ2v) is 3.36. The van der Waals surface area contributed by atoms with E-state index in [2.05, 4.69) is 26.5 Å². The third-order valence-electron chi connectivity index (χ3n) is 1.99. The molecule has 0 aromatic carbocycles. The SMILES string of the molecule is C=C(C#N)/C(C)=C\C(=C/C)C(C)C. The molecule has 0 aliphatic carbocycles. The molecule has 0 aliphatic heterocycles. The molecule has 0 amide bonds. The summed E-state index contributed by atoms with van der Waals surface area (Å²) in [5, 5.41) is 8.62. The molecule has 0 heterocycles. The van der Waals surface area contributed by atoms with E-state index in [0.29, 0.717) is 11.5 Å². The standard InChI is InChI=1S/C12H17N/c1-6-12(9(2)3)7-10(4)11(5)8-13/h6-7,9H,5H2,1-4H3/b10-7-,12-6+. The highest BCUT2D eigenvalue weighted by Crippen LogP contribution is 2.16. The van der Waals surface area contributed by atoms with Crippen LogP contribution in [0.5, 0.6) is 0 Å². The van der Waals surface area contributed by atoms with Crippen LogP contribution >= 0.6 is 0 Å². The van der Waals surface area contributed by atoms with E-state index in [1.54, 1.807) is 0 Å². The average molecular weight is 175 g/mol. The third kappa shape index (κ3) is 3.75. The first kappa shape index (κ1) is 11.7. The zero-order valence-electron chi connectivity index (χ0n) is 8.89. The van der Waals surface area contributed by atoms with Crippen LogP contribution in [-0.4, -0.2) is 0 Å². The van der Waals surface area contributed by atoms with Gasteiger partial charge in [0.1, 0.15) is 0 Å². The Balaban J connectivity index is 4.75. The van der Waals surface area contributed by atoms with Crippen molar-refractivity contribution in [1.29, 1.82) is 5.26 Å². The summed E-state index contributed by atoms with van der Waals surface area (Å²) in [5.41, 5.74) is 2.73. The first-order valence-electron chi connectivity index (χ1n) is 4.46. The van der Waals surface area contributed by atoms with Crippen molar-refractivity contribution in [3.05, 3.63) is 35.5 Å². The lowest BCUT2D eigenvalue weighted by molar-refractivity contribution is 0.788. The molecule has 0 rings (SSSR count). The Morgan fingerprint density at radius 2 is 2.00 bits per heavy atom. The minimum Gasteiger partial charge on any atom is -0.192 e. The van der Waals surface area contributed by atoms with Gasteiger partial charge in [-0.1, -0.05) is 32.6 Å². The van der Waals surface area contributed by atoms with Crippen LogP contribution in [0.1, 0.15) is 27.7 Å². The van der Waals surface area contributed by atoms with Gasteiger partial charge < -0.3 is 0 Å². The molecule has 1 heteroatoms. The number of allylic oxidation sites excluding steroid dienone is 5. The molecule has 0 N–H and O–H groups in total. The summed E-state index contributed by atoms with van der Waals surface area (Å²) in [7, 11) is 0. The Morgan fingerprint density at radius 3 is 2.31 bits per heavy atom. The van der Waals surface area contributed by atoms with Crippen molar-refractivity contribution in [2.45, 2.75) is 27.7 Å². The van der Waals surface area contributed by atoms with Crippen LogP contribution in [0.4, 0.5) is 0 Å². The molecule has 0 aliphatic rings. The van der Waals surface area contributed by atoms with Crippen LogP contribution in [0, 0.1) is 17.2 Å². The average Bonchev–Trinajstić information content (AvgIpc) is 2.11. The van der Waals surface area contributed by atoms with Crippen molar-refractivity contribution in [3.63, 3.8) is 0 Å². The van der Waals surface area contributed by atoms with Gasteiger partial charge in [0.25, 0.3) is 0 Å². The monoisotopic (exact) mass is 175 g/mol. The quantitative estimate of drug-likeness (QED) is 0.475. The van der Waals surface area contributed by atoms with E-state index in [1.165, 1.54) is 5.57 Å². The maximum Gasteiger partial charge on any atom is 0.0988 e. The van der Waals surface area contributed by atoms with E-state index >= 15 is 0 Å². The molecule has 0 bridgehead atoms. The van der Waals surface area contributed by atoms with Gasteiger partial charge in [0.2, 0.25) is 0 Å². The van der Waals surface area contributed by atoms with Gasteiger partial charge in [-0.3, -0.25) is 0 Å². The second-order valence-electron chi connectivity index (χ2n) is 3.36. The number of rotatable bonds is 3. The molecule has 0 aromatic heterocycles. The Kier molecular flexibility index (Phi) is 4.84. The zero-order chi connectivity index (χ0) is 10.4. The molecule has 0 fully saturated rings. The largest absolute Gasteiger partial charge is 0.192 e. The van der Waals surface area contributed by atoms with Crippen LogP contribution in [0.15, 0.2) is 35.5 Å². The number of nitriles is 1. The second kappa shape index (κ2) is 5.37. The fourth-order valence-corrected chi connectivity index (χ4v) is 1.01. The van der Waals surface area contributed by atoms with E-state index in [1.807, 2.05) is 26.0 Å². The Hall–Kier alpha value is -1.29. The van der Waals surface area contributed by atoms with E-state index in [9.17, 15) is 0 Å². The maximum absolute atomic E-state index is 8.62. The highest BCUT2D eigenvalue weighted by atomic mass is 14.2. The van der Waals surface area contributed by atoms with Crippen molar-refractivity contribution in [2.75, 3.05) is 0 Å². The molecule has 0 aromatic rings. The summed E-state index contributed by atoms with van der Waals surface area (Å²) >= 11 is 0. The number of nitrogens with zero attached hydrogens (tertiary/aromatic N) is 1. The van der Waals surface area contributed by atoms with Gasteiger partial charge in [-0.15, -0.1) is 0 Å². The predicted octanol–water partition coefficient (Wildman–Crippen LogP) is 3.61. The normalized spacial score (nSPS) is 12.9. The van der Waals surface area contributed by atoms with Crippen molar-refractivity contribution < 1.29 is 0 Å². The minimum atomic E-state index is 0.492. The smallest absolute Gasteiger partial charge is 0.0988 e. The van der Waals surface area contributed by atoms with Gasteiger partial charge in [-0.05, 0) is 30.9 Å². The molecule has 0 spiro atoms. The Bertz CT molecular complexity index is 285. The highest BCUT2D eigenvalue weighted by molar-refractivity contribution is 5.42. The van der Waals surface area contributed by atoms with Gasteiger partial charge >= 0.3 is 0 Å². The van der Waals surface area contributed by atoms with Gasteiger partial charge in [0.15, 0.2) is 0 Å². The predicted molar refractivity (Wildman–Crippen MR) is 57.1 cm³/mol. The summed E-state index contributed by atoms with van der Waals surface area (Å²) in [4.78, 5) is 0. The molecule has 1 nitrogen and oxygen atoms in total. The van der Waals surface area contributed by atoms with E-state index in [4.69, 9.17) is 5.26 Å². The summed E-state index contributed by atoms with van der Waals surface area (Å²) in [6, 6.07) is 2.04. The molecule has 13 heavy (non-hydrogen) atoms. The molecule has 0 unspecified atom stereocenters. The van der Waals surface area contributed by atoms with Crippen LogP contribution in [0.3, 0.4) is 0 Å². The van der Waals surface area contributed by atoms with E-state index < -0.39 is 0 Å². The van der Waals surface area contributed by atoms with Crippen LogP contribution in [0.25, 0.3) is 0 Å². The molecule has 0 atom stereocenters. The number of hydrogen-bond acceptors (Lipinski definition) is 1. The van der Waals surface area contributed by atoms with Crippen molar-refractivity contribution in [1.82, 2.24) is 0 Å². The molecular formula is C12H17N. The molecule has 0 saturated heterocycles. The lowest BCUT2D eigenvalue weighted by Gasteiger charge is -2.06. The van der Waals surface area contributed by atoms with Gasteiger partial charge in [-0.2, -0.15) is 5.26 Å². The molecule has 70 valence electrons. The van der Waals surface area contributed by atoms with Gasteiger partial charge in [-0.25, -0.2) is 0 Å². The van der Waals surface area contributed by atoms with Gasteiger partial charge in [0, 0.05) is 5.57 Å². The first-order chi connectivity index (χ1) is 6.02. The van der Waals surface area contributed by atoms with Crippen molar-refractivity contribution >= 4 is 0 Å². The summed E-state index contributed by atoms with van der Waals surface area (Å²) in [6.45, 7) is 11.9. The maximum atomic E-state index is 8.62. The lowest BCUT2D eigenvalue weighted by Crippen LogP contribution is -1.91. The van der Waals surface area contributed by atoms with Crippen molar-refractivity contribution in [2.24, 2.45) is 5.92 Å². The van der Waals surface area contributed by atoms with Crippen LogP contribution in [-0.2, 0) is 0 Å². The number of hydrogen-bond donors (Lipinski definition) is 0. The molecular weight excluding hydrogens is 158 g/mol. The zero-order valence-corrected chi connectivity index (χ0v) is 8.89. The minimum absolute atomic E-state index is 0.492. The van der Waals surface area contributed by atoms with Crippen LogP contribution < -0.4 is 0 Å². The van der Waals surface area contributed by atoms with Crippen molar-refractivity contribution in [3.8, 4) is 6.07 Å². The highest BCUT2D eigenvalue weighted by Gasteiger charge is 2.00. The Labute approximate surface area is 81.1 Å².